The van der Waals surface area contributed by atoms with E-state index < -0.39 is 5.54 Å². The van der Waals surface area contributed by atoms with E-state index in [9.17, 15) is 4.79 Å². The second kappa shape index (κ2) is 3.69. The monoisotopic (exact) mass is 198 g/mol. The Kier molecular flexibility index (Phi) is 2.78. The highest BCUT2D eigenvalue weighted by molar-refractivity contribution is 5.77. The smallest absolute Gasteiger partial charge is 0.333 e. The van der Waals surface area contributed by atoms with Gasteiger partial charge in [-0.25, -0.2) is 4.79 Å². The molecule has 0 saturated heterocycles. The van der Waals surface area contributed by atoms with Crippen LogP contribution in [0, 0.1) is 0 Å². The van der Waals surface area contributed by atoms with E-state index in [4.69, 9.17) is 9.84 Å². The Morgan fingerprint density at radius 1 is 1.71 bits per heavy atom. The summed E-state index contributed by atoms with van der Waals surface area (Å²) in [5.74, 6) is -0.342. The molecule has 0 aromatic carbocycles. The summed E-state index contributed by atoms with van der Waals surface area (Å²) in [5.41, 5.74) is -0.892. The number of esters is 1. The molecule has 0 amide bonds. The van der Waals surface area contributed by atoms with Crippen LogP contribution in [-0.4, -0.2) is 27.5 Å². The van der Waals surface area contributed by atoms with Gasteiger partial charge >= 0.3 is 5.97 Å². The summed E-state index contributed by atoms with van der Waals surface area (Å²) in [6, 6.07) is 0. The quantitative estimate of drug-likeness (QED) is 0.732. The van der Waals surface area contributed by atoms with Crippen LogP contribution < -0.4 is 0 Å². The minimum atomic E-state index is -0.892. The zero-order valence-corrected chi connectivity index (χ0v) is 8.52. The van der Waals surface area contributed by atoms with Crippen molar-refractivity contribution in [2.45, 2.75) is 26.3 Å². The molecule has 1 rings (SSSR count). The first-order chi connectivity index (χ1) is 6.48. The Morgan fingerprint density at radius 2 is 2.36 bits per heavy atom. The van der Waals surface area contributed by atoms with Gasteiger partial charge in [-0.05, 0) is 20.8 Å². The number of carbonyl (C=O) groups excluding carboxylic acids is 1. The molecule has 1 N–H and O–H groups in total. The fourth-order valence-corrected chi connectivity index (χ4v) is 1.02. The molecule has 78 valence electrons. The molecule has 0 unspecified atom stereocenters. The zero-order valence-electron chi connectivity index (χ0n) is 8.52. The highest BCUT2D eigenvalue weighted by atomic mass is 16.5. The first kappa shape index (κ1) is 10.6. The van der Waals surface area contributed by atoms with Gasteiger partial charge in [-0.15, -0.1) is 0 Å². The minimum Gasteiger partial charge on any atom is -0.505 e. The highest BCUT2D eigenvalue weighted by Gasteiger charge is 2.32. The molecular formula is C9H14N2O3. The maximum absolute atomic E-state index is 11.5. The molecule has 1 aromatic heterocycles. The lowest BCUT2D eigenvalue weighted by Gasteiger charge is -2.22. The van der Waals surface area contributed by atoms with Crippen LogP contribution in [0.25, 0.3) is 0 Å². The molecule has 14 heavy (non-hydrogen) atoms. The van der Waals surface area contributed by atoms with Crippen molar-refractivity contribution >= 4 is 5.97 Å². The standard InChI is InChI=1S/C9H14N2O3/c1-4-14-8(13)9(2,3)11-6-7(12)5-10-11/h5-6,12H,4H2,1-3H3. The number of carbonyl (C=O) groups is 1. The number of aromatic hydroxyl groups is 1. The molecule has 0 aliphatic heterocycles. The van der Waals surface area contributed by atoms with Crippen molar-refractivity contribution in [2.24, 2.45) is 0 Å². The molecule has 0 saturated carbocycles. The Bertz CT molecular complexity index is 331. The van der Waals surface area contributed by atoms with Gasteiger partial charge < -0.3 is 9.84 Å². The minimum absolute atomic E-state index is 0.0300. The summed E-state index contributed by atoms with van der Waals surface area (Å²) in [7, 11) is 0. The Balaban J connectivity index is 2.89. The molecule has 5 nitrogen and oxygen atoms in total. The lowest BCUT2D eigenvalue weighted by molar-refractivity contribution is -0.152. The van der Waals surface area contributed by atoms with Gasteiger partial charge in [0.25, 0.3) is 0 Å². The van der Waals surface area contributed by atoms with Crippen LogP contribution in [0.4, 0.5) is 0 Å². The van der Waals surface area contributed by atoms with Gasteiger partial charge in [-0.3, -0.25) is 4.68 Å². The molecule has 0 radical (unpaired) electrons. The normalized spacial score (nSPS) is 11.4. The molecule has 5 heteroatoms. The average Bonchev–Trinajstić information content (AvgIpc) is 2.52. The van der Waals surface area contributed by atoms with E-state index >= 15 is 0 Å². The van der Waals surface area contributed by atoms with Gasteiger partial charge in [0, 0.05) is 0 Å². The van der Waals surface area contributed by atoms with Crippen molar-refractivity contribution in [3.05, 3.63) is 12.4 Å². The second-order valence-corrected chi connectivity index (χ2v) is 3.42. The van der Waals surface area contributed by atoms with Crippen LogP contribution in [0.15, 0.2) is 12.4 Å². The first-order valence-electron chi connectivity index (χ1n) is 4.39. The van der Waals surface area contributed by atoms with Crippen molar-refractivity contribution in [3.63, 3.8) is 0 Å². The van der Waals surface area contributed by atoms with Crippen molar-refractivity contribution in [1.82, 2.24) is 9.78 Å². The number of ether oxygens (including phenoxy) is 1. The third-order valence-corrected chi connectivity index (χ3v) is 1.92. The van der Waals surface area contributed by atoms with Crippen LogP contribution in [0.5, 0.6) is 5.75 Å². The molecule has 1 heterocycles. The molecule has 0 aliphatic carbocycles. The Hall–Kier alpha value is -1.52. The van der Waals surface area contributed by atoms with Crippen molar-refractivity contribution in [1.29, 1.82) is 0 Å². The topological polar surface area (TPSA) is 64.3 Å². The van der Waals surface area contributed by atoms with Gasteiger partial charge in [-0.1, -0.05) is 0 Å². The maximum atomic E-state index is 11.5. The third kappa shape index (κ3) is 1.86. The zero-order chi connectivity index (χ0) is 10.8. The molecule has 0 aliphatic rings. The lowest BCUT2D eigenvalue weighted by atomic mass is 10.1. The third-order valence-electron chi connectivity index (χ3n) is 1.92. The summed E-state index contributed by atoms with van der Waals surface area (Å²) in [6.07, 6.45) is 2.66. The van der Waals surface area contributed by atoms with E-state index in [0.29, 0.717) is 6.61 Å². The van der Waals surface area contributed by atoms with Crippen LogP contribution in [-0.2, 0) is 15.1 Å². The molecule has 0 fully saturated rings. The van der Waals surface area contributed by atoms with Crippen molar-refractivity contribution < 1.29 is 14.6 Å². The summed E-state index contributed by atoms with van der Waals surface area (Å²) in [5, 5.41) is 12.9. The van der Waals surface area contributed by atoms with Gasteiger partial charge in [0.2, 0.25) is 0 Å². The Morgan fingerprint density at radius 3 is 2.79 bits per heavy atom. The average molecular weight is 198 g/mol. The largest absolute Gasteiger partial charge is 0.505 e. The summed E-state index contributed by atoms with van der Waals surface area (Å²) >= 11 is 0. The molecular weight excluding hydrogens is 184 g/mol. The number of aromatic nitrogens is 2. The summed E-state index contributed by atoms with van der Waals surface area (Å²) < 4.78 is 6.26. The SMILES string of the molecule is CCOC(=O)C(C)(C)n1cc(O)cn1. The summed E-state index contributed by atoms with van der Waals surface area (Å²) in [6.45, 7) is 5.43. The fraction of sp³-hybridized carbons (Fsp3) is 0.556. The van der Waals surface area contributed by atoms with Crippen LogP contribution in [0.3, 0.4) is 0 Å². The van der Waals surface area contributed by atoms with Crippen molar-refractivity contribution in [2.75, 3.05) is 6.61 Å². The molecule has 0 bridgehead atoms. The van der Waals surface area contributed by atoms with Crippen LogP contribution in [0.2, 0.25) is 0 Å². The number of hydrogen-bond acceptors (Lipinski definition) is 4. The van der Waals surface area contributed by atoms with E-state index in [0.717, 1.165) is 0 Å². The second-order valence-electron chi connectivity index (χ2n) is 3.42. The molecule has 0 spiro atoms. The first-order valence-corrected chi connectivity index (χ1v) is 4.39. The summed E-state index contributed by atoms with van der Waals surface area (Å²) in [4.78, 5) is 11.5. The number of rotatable bonds is 3. The van der Waals surface area contributed by atoms with Crippen LogP contribution in [0.1, 0.15) is 20.8 Å². The maximum Gasteiger partial charge on any atom is 0.333 e. The predicted molar refractivity (Wildman–Crippen MR) is 49.8 cm³/mol. The lowest BCUT2D eigenvalue weighted by Crippen LogP contribution is -2.37. The van der Waals surface area contributed by atoms with Gasteiger partial charge in [0.05, 0.1) is 19.0 Å². The van der Waals surface area contributed by atoms with Gasteiger partial charge in [-0.2, -0.15) is 5.10 Å². The molecule has 0 atom stereocenters. The molecule has 1 aromatic rings. The number of hydrogen-bond donors (Lipinski definition) is 1. The van der Waals surface area contributed by atoms with E-state index in [-0.39, 0.29) is 11.7 Å². The Labute approximate surface area is 82.3 Å². The van der Waals surface area contributed by atoms with E-state index in [1.54, 1.807) is 20.8 Å². The van der Waals surface area contributed by atoms with Crippen molar-refractivity contribution in [3.8, 4) is 5.75 Å². The number of nitrogens with zero attached hydrogens (tertiary/aromatic N) is 2. The van der Waals surface area contributed by atoms with E-state index in [1.165, 1.54) is 17.1 Å². The van der Waals surface area contributed by atoms with Gasteiger partial charge in [0.1, 0.15) is 0 Å². The van der Waals surface area contributed by atoms with Gasteiger partial charge in [0.15, 0.2) is 11.3 Å². The van der Waals surface area contributed by atoms with E-state index in [2.05, 4.69) is 5.10 Å². The fourth-order valence-electron chi connectivity index (χ4n) is 1.02. The van der Waals surface area contributed by atoms with Crippen LogP contribution >= 0.6 is 0 Å². The van der Waals surface area contributed by atoms with E-state index in [1.807, 2.05) is 0 Å². The predicted octanol–water partition coefficient (Wildman–Crippen LogP) is 0.887. The highest BCUT2D eigenvalue weighted by Crippen LogP contribution is 2.18.